The lowest BCUT2D eigenvalue weighted by Gasteiger charge is -2.18. The molecule has 0 saturated heterocycles. The van der Waals surface area contributed by atoms with Crippen molar-refractivity contribution in [1.82, 2.24) is 0 Å². The van der Waals surface area contributed by atoms with E-state index in [1.807, 2.05) is 0 Å². The highest BCUT2D eigenvalue weighted by molar-refractivity contribution is 7.92. The minimum Gasteiger partial charge on any atom is -0.497 e. The van der Waals surface area contributed by atoms with Gasteiger partial charge in [-0.15, -0.1) is 0 Å². The van der Waals surface area contributed by atoms with Crippen LogP contribution in [0.4, 0.5) is 0 Å². The highest BCUT2D eigenvalue weighted by atomic mass is 32.2. The highest BCUT2D eigenvalue weighted by Gasteiger charge is 2.33. The predicted molar refractivity (Wildman–Crippen MR) is 70.8 cm³/mol. The van der Waals surface area contributed by atoms with Crippen LogP contribution in [0, 0.1) is 5.92 Å². The molecule has 19 heavy (non-hydrogen) atoms. The fourth-order valence-corrected chi connectivity index (χ4v) is 3.27. The molecule has 0 aromatic heterocycles. The molecule has 1 aromatic carbocycles. The standard InChI is InChI=1S/C13H18O5S/c1-9(13(14)18-4)10(2)19(15,16)12-7-5-6-11(8-12)17-3/h5-10H,1-4H3. The Kier molecular flexibility index (Phi) is 4.94. The third-order valence-corrected chi connectivity index (χ3v) is 5.43. The zero-order chi connectivity index (χ0) is 14.6. The minimum atomic E-state index is -3.61. The van der Waals surface area contributed by atoms with Crippen LogP contribution in [0.25, 0.3) is 0 Å². The summed E-state index contributed by atoms with van der Waals surface area (Å²) in [7, 11) is -0.902. The monoisotopic (exact) mass is 286 g/mol. The number of benzene rings is 1. The van der Waals surface area contributed by atoms with Crippen LogP contribution in [0.3, 0.4) is 0 Å². The molecular weight excluding hydrogens is 268 g/mol. The van der Waals surface area contributed by atoms with Crippen molar-refractivity contribution in [1.29, 1.82) is 0 Å². The SMILES string of the molecule is COC(=O)C(C)C(C)S(=O)(=O)c1cccc(OC)c1. The van der Waals surface area contributed by atoms with Crippen molar-refractivity contribution in [3.8, 4) is 5.75 Å². The van der Waals surface area contributed by atoms with E-state index in [0.717, 1.165) is 0 Å². The van der Waals surface area contributed by atoms with Gasteiger partial charge < -0.3 is 9.47 Å². The zero-order valence-electron chi connectivity index (χ0n) is 11.4. The van der Waals surface area contributed by atoms with E-state index in [1.165, 1.54) is 40.2 Å². The maximum Gasteiger partial charge on any atom is 0.309 e. The van der Waals surface area contributed by atoms with Crippen LogP contribution in [0.1, 0.15) is 13.8 Å². The normalized spacial score (nSPS) is 14.5. The molecule has 0 fully saturated rings. The van der Waals surface area contributed by atoms with E-state index >= 15 is 0 Å². The number of esters is 1. The van der Waals surface area contributed by atoms with Gasteiger partial charge in [0.1, 0.15) is 5.75 Å². The summed E-state index contributed by atoms with van der Waals surface area (Å²) in [6.07, 6.45) is 0. The van der Waals surface area contributed by atoms with Crippen LogP contribution in [0.2, 0.25) is 0 Å². The molecule has 0 radical (unpaired) electrons. The Labute approximate surface area is 113 Å². The van der Waals surface area contributed by atoms with Crippen molar-refractivity contribution in [2.75, 3.05) is 14.2 Å². The lowest BCUT2D eigenvalue weighted by Crippen LogP contribution is -2.31. The Balaban J connectivity index is 3.12. The van der Waals surface area contributed by atoms with Crippen LogP contribution in [-0.2, 0) is 19.4 Å². The smallest absolute Gasteiger partial charge is 0.309 e. The number of hydrogen-bond acceptors (Lipinski definition) is 5. The van der Waals surface area contributed by atoms with Gasteiger partial charge in [-0.25, -0.2) is 8.42 Å². The number of carbonyl (C=O) groups excluding carboxylic acids is 1. The lowest BCUT2D eigenvalue weighted by atomic mass is 10.1. The largest absolute Gasteiger partial charge is 0.497 e. The van der Waals surface area contributed by atoms with E-state index in [9.17, 15) is 13.2 Å². The molecule has 1 aromatic rings. The van der Waals surface area contributed by atoms with Crippen LogP contribution in [0.5, 0.6) is 5.75 Å². The third kappa shape index (κ3) is 3.26. The van der Waals surface area contributed by atoms with Gasteiger partial charge in [-0.3, -0.25) is 4.79 Å². The van der Waals surface area contributed by atoms with Crippen LogP contribution >= 0.6 is 0 Å². The summed E-state index contributed by atoms with van der Waals surface area (Å²) >= 11 is 0. The highest BCUT2D eigenvalue weighted by Crippen LogP contribution is 2.25. The quantitative estimate of drug-likeness (QED) is 0.770. The van der Waals surface area contributed by atoms with Crippen molar-refractivity contribution < 1.29 is 22.7 Å². The molecule has 0 N–H and O–H groups in total. The van der Waals surface area contributed by atoms with E-state index in [4.69, 9.17) is 4.74 Å². The molecule has 106 valence electrons. The van der Waals surface area contributed by atoms with E-state index in [2.05, 4.69) is 4.74 Å². The molecular formula is C13H18O5S. The Morgan fingerprint density at radius 2 is 1.84 bits per heavy atom. The molecule has 1 rings (SSSR count). The number of sulfone groups is 1. The molecule has 2 unspecified atom stereocenters. The molecule has 0 bridgehead atoms. The molecule has 0 aliphatic rings. The molecule has 0 amide bonds. The van der Waals surface area contributed by atoms with Gasteiger partial charge in [0.2, 0.25) is 0 Å². The van der Waals surface area contributed by atoms with Gasteiger partial charge in [-0.05, 0) is 25.1 Å². The van der Waals surface area contributed by atoms with Crippen molar-refractivity contribution in [3.05, 3.63) is 24.3 Å². The Morgan fingerprint density at radius 1 is 1.21 bits per heavy atom. The van der Waals surface area contributed by atoms with E-state index < -0.39 is 27.0 Å². The Hall–Kier alpha value is -1.56. The number of ether oxygens (including phenoxy) is 2. The molecule has 0 aliphatic heterocycles. The zero-order valence-corrected chi connectivity index (χ0v) is 12.2. The molecule has 6 heteroatoms. The first-order valence-electron chi connectivity index (χ1n) is 5.80. The maximum atomic E-state index is 12.4. The summed E-state index contributed by atoms with van der Waals surface area (Å²) in [6.45, 7) is 3.03. The average molecular weight is 286 g/mol. The summed E-state index contributed by atoms with van der Waals surface area (Å²) in [5.74, 6) is -0.820. The van der Waals surface area contributed by atoms with Crippen LogP contribution < -0.4 is 4.74 Å². The van der Waals surface area contributed by atoms with E-state index in [-0.39, 0.29) is 4.90 Å². The molecule has 2 atom stereocenters. The van der Waals surface area contributed by atoms with E-state index in [0.29, 0.717) is 5.75 Å². The van der Waals surface area contributed by atoms with Crippen molar-refractivity contribution >= 4 is 15.8 Å². The second-order valence-electron chi connectivity index (χ2n) is 4.24. The topological polar surface area (TPSA) is 69.7 Å². The number of hydrogen-bond donors (Lipinski definition) is 0. The average Bonchev–Trinajstić information content (AvgIpc) is 2.44. The van der Waals surface area contributed by atoms with Gasteiger partial charge in [-0.1, -0.05) is 13.0 Å². The number of carbonyl (C=O) groups is 1. The van der Waals surface area contributed by atoms with Crippen LogP contribution in [-0.4, -0.2) is 33.9 Å². The van der Waals surface area contributed by atoms with Crippen LogP contribution in [0.15, 0.2) is 29.2 Å². The predicted octanol–water partition coefficient (Wildman–Crippen LogP) is 1.67. The fraction of sp³-hybridized carbons (Fsp3) is 0.462. The first-order chi connectivity index (χ1) is 8.84. The van der Waals surface area contributed by atoms with Gasteiger partial charge in [0.25, 0.3) is 0 Å². The van der Waals surface area contributed by atoms with Gasteiger partial charge in [-0.2, -0.15) is 0 Å². The molecule has 0 heterocycles. The van der Waals surface area contributed by atoms with Crippen molar-refractivity contribution in [2.45, 2.75) is 24.0 Å². The summed E-state index contributed by atoms with van der Waals surface area (Å²) in [4.78, 5) is 11.6. The van der Waals surface area contributed by atoms with Gasteiger partial charge in [0, 0.05) is 0 Å². The third-order valence-electron chi connectivity index (χ3n) is 3.14. The number of rotatable bonds is 5. The number of methoxy groups -OCH3 is 2. The molecule has 0 aliphatic carbocycles. The second kappa shape index (κ2) is 6.06. The maximum absolute atomic E-state index is 12.4. The van der Waals surface area contributed by atoms with Gasteiger partial charge >= 0.3 is 5.97 Å². The Bertz CT molecular complexity index is 550. The first-order valence-corrected chi connectivity index (χ1v) is 7.35. The summed E-state index contributed by atoms with van der Waals surface area (Å²) < 4.78 is 34.4. The Morgan fingerprint density at radius 3 is 2.37 bits per heavy atom. The first kappa shape index (κ1) is 15.5. The molecule has 0 saturated carbocycles. The summed E-state index contributed by atoms with van der Waals surface area (Å²) in [5, 5.41) is -0.868. The summed E-state index contributed by atoms with van der Waals surface area (Å²) in [5.41, 5.74) is 0. The fourth-order valence-electron chi connectivity index (χ4n) is 1.64. The molecule has 5 nitrogen and oxygen atoms in total. The second-order valence-corrected chi connectivity index (χ2v) is 6.55. The minimum absolute atomic E-state index is 0.134. The lowest BCUT2D eigenvalue weighted by molar-refractivity contribution is -0.144. The van der Waals surface area contributed by atoms with Crippen molar-refractivity contribution in [3.63, 3.8) is 0 Å². The van der Waals surface area contributed by atoms with Gasteiger partial charge in [0.05, 0.1) is 30.3 Å². The summed E-state index contributed by atoms with van der Waals surface area (Å²) in [6, 6.07) is 6.18. The van der Waals surface area contributed by atoms with E-state index in [1.54, 1.807) is 12.1 Å². The molecule has 0 spiro atoms. The van der Waals surface area contributed by atoms with Gasteiger partial charge in [0.15, 0.2) is 9.84 Å². The van der Waals surface area contributed by atoms with Crippen molar-refractivity contribution in [2.24, 2.45) is 5.92 Å².